The molecule has 2 aromatic carbocycles. The summed E-state index contributed by atoms with van der Waals surface area (Å²) in [4.78, 5) is 35.6. The first kappa shape index (κ1) is 19.8. The summed E-state index contributed by atoms with van der Waals surface area (Å²) in [6.45, 7) is 3.41. The van der Waals surface area contributed by atoms with Crippen molar-refractivity contribution in [3.8, 4) is 0 Å². The molecule has 3 N–H and O–H groups in total. The standard InChI is InChI=1S/C18H17Cl2N3O3/c1-10-5-11(2)7-13(6-10)23-18(26)17(25)21-9-16(24)22-12-3-4-14(19)15(20)8-12/h3-8H,9H2,1-2H3,(H,21,25)(H,22,24)(H,23,26). The van der Waals surface area contributed by atoms with Crippen molar-refractivity contribution >= 4 is 52.3 Å². The summed E-state index contributed by atoms with van der Waals surface area (Å²) >= 11 is 11.7. The fourth-order valence-corrected chi connectivity index (χ4v) is 2.55. The summed E-state index contributed by atoms with van der Waals surface area (Å²) in [5.74, 6) is -2.26. The van der Waals surface area contributed by atoms with E-state index in [9.17, 15) is 14.4 Å². The fraction of sp³-hybridized carbons (Fsp3) is 0.167. The molecule has 6 nitrogen and oxygen atoms in total. The van der Waals surface area contributed by atoms with Crippen LogP contribution in [0.1, 0.15) is 11.1 Å². The molecule has 136 valence electrons. The third-order valence-electron chi connectivity index (χ3n) is 3.30. The summed E-state index contributed by atoms with van der Waals surface area (Å²) in [6.07, 6.45) is 0. The predicted molar refractivity (Wildman–Crippen MR) is 103 cm³/mol. The monoisotopic (exact) mass is 393 g/mol. The van der Waals surface area contributed by atoms with E-state index in [0.29, 0.717) is 21.4 Å². The van der Waals surface area contributed by atoms with Gasteiger partial charge in [-0.2, -0.15) is 0 Å². The zero-order valence-corrected chi connectivity index (χ0v) is 15.7. The van der Waals surface area contributed by atoms with Crippen LogP contribution in [0.2, 0.25) is 10.0 Å². The molecule has 2 rings (SSSR count). The van der Waals surface area contributed by atoms with Gasteiger partial charge in [0.2, 0.25) is 5.91 Å². The van der Waals surface area contributed by atoms with Crippen molar-refractivity contribution in [1.82, 2.24) is 5.32 Å². The van der Waals surface area contributed by atoms with Crippen LogP contribution in [0.5, 0.6) is 0 Å². The van der Waals surface area contributed by atoms with Crippen molar-refractivity contribution in [2.24, 2.45) is 0 Å². The van der Waals surface area contributed by atoms with E-state index in [1.54, 1.807) is 18.2 Å². The number of rotatable bonds is 4. The van der Waals surface area contributed by atoms with Gasteiger partial charge in [0, 0.05) is 11.4 Å². The largest absolute Gasteiger partial charge is 0.339 e. The van der Waals surface area contributed by atoms with Crippen LogP contribution in [0.25, 0.3) is 0 Å². The molecule has 3 amide bonds. The molecular weight excluding hydrogens is 377 g/mol. The lowest BCUT2D eigenvalue weighted by Gasteiger charge is -2.09. The van der Waals surface area contributed by atoms with E-state index in [4.69, 9.17) is 23.2 Å². The zero-order chi connectivity index (χ0) is 19.3. The van der Waals surface area contributed by atoms with Gasteiger partial charge in [-0.05, 0) is 55.3 Å². The number of nitrogens with one attached hydrogen (secondary N) is 3. The second-order valence-electron chi connectivity index (χ2n) is 5.69. The first-order valence-electron chi connectivity index (χ1n) is 7.67. The number of hydrogen-bond acceptors (Lipinski definition) is 3. The zero-order valence-electron chi connectivity index (χ0n) is 14.2. The van der Waals surface area contributed by atoms with E-state index in [-0.39, 0.29) is 6.54 Å². The molecule has 0 unspecified atom stereocenters. The van der Waals surface area contributed by atoms with Crippen LogP contribution in [0.4, 0.5) is 11.4 Å². The van der Waals surface area contributed by atoms with Crippen LogP contribution in [0, 0.1) is 13.8 Å². The summed E-state index contributed by atoms with van der Waals surface area (Å²) < 4.78 is 0. The van der Waals surface area contributed by atoms with Gasteiger partial charge in [-0.15, -0.1) is 0 Å². The summed E-state index contributed by atoms with van der Waals surface area (Å²) in [6, 6.07) is 10.0. The molecule has 0 saturated carbocycles. The van der Waals surface area contributed by atoms with Crippen molar-refractivity contribution in [3.63, 3.8) is 0 Å². The number of carbonyl (C=O) groups is 3. The van der Waals surface area contributed by atoms with Crippen LogP contribution in [0.15, 0.2) is 36.4 Å². The molecule has 0 aromatic heterocycles. The van der Waals surface area contributed by atoms with E-state index >= 15 is 0 Å². The van der Waals surface area contributed by atoms with Crippen molar-refractivity contribution in [1.29, 1.82) is 0 Å². The van der Waals surface area contributed by atoms with E-state index in [2.05, 4.69) is 16.0 Å². The maximum absolute atomic E-state index is 11.9. The molecule has 0 saturated heterocycles. The van der Waals surface area contributed by atoms with Crippen LogP contribution in [-0.2, 0) is 14.4 Å². The smallest absolute Gasteiger partial charge is 0.313 e. The van der Waals surface area contributed by atoms with Gasteiger partial charge in [0.1, 0.15) is 0 Å². The fourth-order valence-electron chi connectivity index (χ4n) is 2.25. The maximum atomic E-state index is 11.9. The van der Waals surface area contributed by atoms with E-state index < -0.39 is 17.7 Å². The lowest BCUT2D eigenvalue weighted by Crippen LogP contribution is -2.39. The third kappa shape index (κ3) is 5.75. The number of hydrogen-bond donors (Lipinski definition) is 3. The Morgan fingerprint density at radius 2 is 1.46 bits per heavy atom. The molecule has 0 heterocycles. The van der Waals surface area contributed by atoms with Crippen molar-refractivity contribution in [2.45, 2.75) is 13.8 Å². The Morgan fingerprint density at radius 3 is 2.08 bits per heavy atom. The molecule has 0 radical (unpaired) electrons. The van der Waals surface area contributed by atoms with Crippen LogP contribution < -0.4 is 16.0 Å². The Hall–Kier alpha value is -2.57. The molecule has 0 aliphatic heterocycles. The van der Waals surface area contributed by atoms with Gasteiger partial charge < -0.3 is 16.0 Å². The minimum atomic E-state index is -0.909. The lowest BCUT2D eigenvalue weighted by atomic mass is 10.1. The average molecular weight is 394 g/mol. The average Bonchev–Trinajstić information content (AvgIpc) is 2.55. The van der Waals surface area contributed by atoms with Gasteiger partial charge in [0.25, 0.3) is 0 Å². The predicted octanol–water partition coefficient (Wildman–Crippen LogP) is 3.30. The number of amides is 3. The van der Waals surface area contributed by atoms with E-state index in [0.717, 1.165) is 11.1 Å². The van der Waals surface area contributed by atoms with Gasteiger partial charge in [-0.3, -0.25) is 14.4 Å². The summed E-state index contributed by atoms with van der Waals surface area (Å²) in [5.41, 5.74) is 2.87. The molecule has 0 fully saturated rings. The highest BCUT2D eigenvalue weighted by Crippen LogP contribution is 2.24. The topological polar surface area (TPSA) is 87.3 Å². The number of benzene rings is 2. The number of anilines is 2. The Morgan fingerprint density at radius 1 is 0.808 bits per heavy atom. The molecular formula is C18H17Cl2N3O3. The number of halogens is 2. The second kappa shape index (κ2) is 8.69. The van der Waals surface area contributed by atoms with Crippen molar-refractivity contribution in [3.05, 3.63) is 57.6 Å². The van der Waals surface area contributed by atoms with Gasteiger partial charge in [0.15, 0.2) is 0 Å². The Labute approximate surface area is 160 Å². The number of carbonyl (C=O) groups excluding carboxylic acids is 3. The Bertz CT molecular complexity index is 849. The van der Waals surface area contributed by atoms with E-state index in [1.807, 2.05) is 19.9 Å². The van der Waals surface area contributed by atoms with Crippen LogP contribution >= 0.6 is 23.2 Å². The van der Waals surface area contributed by atoms with Gasteiger partial charge >= 0.3 is 11.8 Å². The molecule has 0 spiro atoms. The van der Waals surface area contributed by atoms with Crippen molar-refractivity contribution < 1.29 is 14.4 Å². The highest BCUT2D eigenvalue weighted by Gasteiger charge is 2.15. The molecule has 8 heteroatoms. The molecule has 0 bridgehead atoms. The van der Waals surface area contributed by atoms with Crippen LogP contribution in [0.3, 0.4) is 0 Å². The summed E-state index contributed by atoms with van der Waals surface area (Å²) in [5, 5.41) is 7.95. The first-order chi connectivity index (χ1) is 12.2. The van der Waals surface area contributed by atoms with Crippen LogP contribution in [-0.4, -0.2) is 24.3 Å². The Kier molecular flexibility index (Phi) is 6.60. The summed E-state index contributed by atoms with van der Waals surface area (Å²) in [7, 11) is 0. The lowest BCUT2D eigenvalue weighted by molar-refractivity contribution is -0.136. The third-order valence-corrected chi connectivity index (χ3v) is 4.04. The SMILES string of the molecule is Cc1cc(C)cc(NC(=O)C(=O)NCC(=O)Nc2ccc(Cl)c(Cl)c2)c1. The Balaban J connectivity index is 1.85. The molecule has 26 heavy (non-hydrogen) atoms. The molecule has 2 aromatic rings. The quantitative estimate of drug-likeness (QED) is 0.696. The highest BCUT2D eigenvalue weighted by atomic mass is 35.5. The molecule has 0 atom stereocenters. The second-order valence-corrected chi connectivity index (χ2v) is 6.50. The minimum absolute atomic E-state index is 0.293. The maximum Gasteiger partial charge on any atom is 0.313 e. The van der Waals surface area contributed by atoms with Gasteiger partial charge in [-0.1, -0.05) is 29.3 Å². The molecule has 0 aliphatic rings. The highest BCUT2D eigenvalue weighted by molar-refractivity contribution is 6.42. The normalized spacial score (nSPS) is 10.2. The number of aryl methyl sites for hydroxylation is 2. The van der Waals surface area contributed by atoms with Gasteiger partial charge in [-0.25, -0.2) is 0 Å². The minimum Gasteiger partial charge on any atom is -0.339 e. The van der Waals surface area contributed by atoms with Crippen molar-refractivity contribution in [2.75, 3.05) is 17.2 Å². The van der Waals surface area contributed by atoms with Gasteiger partial charge in [0.05, 0.1) is 16.6 Å². The van der Waals surface area contributed by atoms with E-state index in [1.165, 1.54) is 12.1 Å². The first-order valence-corrected chi connectivity index (χ1v) is 8.42. The molecule has 0 aliphatic carbocycles.